The maximum atomic E-state index is 6.68. The zero-order chi connectivity index (χ0) is 30.6. The lowest BCUT2D eigenvalue weighted by Crippen LogP contribution is -2.46. The number of pyridine rings is 1. The van der Waals surface area contributed by atoms with Crippen molar-refractivity contribution in [3.63, 3.8) is 0 Å². The Morgan fingerprint density at radius 3 is 2.39 bits per heavy atom. The Bertz CT molecular complexity index is 1080. The minimum Gasteiger partial charge on any atom is -0.354 e. The number of piperidine rings is 1. The number of aromatic nitrogens is 3. The van der Waals surface area contributed by atoms with Gasteiger partial charge in [-0.2, -0.15) is 0 Å². The number of anilines is 1. The zero-order valence-electron chi connectivity index (χ0n) is 26.4. The Labute approximate surface area is 254 Å². The molecule has 1 aliphatic heterocycles. The van der Waals surface area contributed by atoms with Crippen molar-refractivity contribution in [1.29, 1.82) is 5.26 Å². The summed E-state index contributed by atoms with van der Waals surface area (Å²) in [7, 11) is 2.27. The van der Waals surface area contributed by atoms with Crippen LogP contribution in [-0.2, 0) is 0 Å². The van der Waals surface area contributed by atoms with Crippen LogP contribution in [0.3, 0.4) is 0 Å². The van der Waals surface area contributed by atoms with Gasteiger partial charge in [0.05, 0.1) is 5.02 Å². The van der Waals surface area contributed by atoms with Crippen molar-refractivity contribution in [1.82, 2.24) is 24.8 Å². The first kappa shape index (κ1) is 36.1. The third-order valence-corrected chi connectivity index (χ3v) is 7.33. The molecule has 8 heteroatoms. The molecule has 41 heavy (non-hydrogen) atoms. The fourth-order valence-corrected chi connectivity index (χ4v) is 5.21. The molecule has 7 nitrogen and oxygen atoms in total. The number of likely N-dealkylation sites (N-methyl/N-ethyl adjacent to an activating group) is 1. The van der Waals surface area contributed by atoms with E-state index in [-0.39, 0.29) is 0 Å². The zero-order valence-corrected chi connectivity index (χ0v) is 27.2. The number of aromatic amines is 1. The first-order valence-electron chi connectivity index (χ1n) is 15.1. The van der Waals surface area contributed by atoms with Gasteiger partial charge in [-0.3, -0.25) is 4.90 Å². The van der Waals surface area contributed by atoms with E-state index in [1.54, 1.807) is 6.20 Å². The minimum atomic E-state index is 0.625. The number of hydrogen-bond donors (Lipinski definition) is 1. The average molecular weight is 582 g/mol. The van der Waals surface area contributed by atoms with Crippen LogP contribution in [0, 0.1) is 11.8 Å². The van der Waals surface area contributed by atoms with E-state index in [1.165, 1.54) is 24.0 Å². The van der Waals surface area contributed by atoms with E-state index in [2.05, 4.69) is 76.4 Å². The van der Waals surface area contributed by atoms with Crippen molar-refractivity contribution in [2.24, 2.45) is 0 Å². The molecule has 1 aliphatic carbocycles. The highest BCUT2D eigenvalue weighted by molar-refractivity contribution is 6.33. The second-order valence-electron chi connectivity index (χ2n) is 9.80. The monoisotopic (exact) mass is 581 g/mol. The SMILES string of the molecule is C#N.CC.CC.CCCN(CCN(C)C1CCN(CC2=CC=C(C)CC=C2)CC1)c1ncc(-c2ncc[nH]2)cc1Cl. The lowest BCUT2D eigenvalue weighted by Gasteiger charge is -2.38. The summed E-state index contributed by atoms with van der Waals surface area (Å²) < 4.78 is 0. The van der Waals surface area contributed by atoms with E-state index in [4.69, 9.17) is 21.8 Å². The van der Waals surface area contributed by atoms with Gasteiger partial charge in [-0.15, -0.1) is 0 Å². The van der Waals surface area contributed by atoms with E-state index in [9.17, 15) is 0 Å². The lowest BCUT2D eigenvalue weighted by molar-refractivity contribution is 0.136. The van der Waals surface area contributed by atoms with Gasteiger partial charge in [0.1, 0.15) is 11.6 Å². The van der Waals surface area contributed by atoms with E-state index >= 15 is 0 Å². The van der Waals surface area contributed by atoms with Gasteiger partial charge >= 0.3 is 0 Å². The molecular formula is C33H52ClN7. The number of rotatable bonds is 10. The molecule has 1 saturated heterocycles. The molecule has 1 N–H and O–H groups in total. The molecule has 0 radical (unpaired) electrons. The Kier molecular flexibility index (Phi) is 18.4. The number of halogens is 1. The van der Waals surface area contributed by atoms with Gasteiger partial charge in [-0.25, -0.2) is 15.2 Å². The third kappa shape index (κ3) is 11.8. The number of H-pyrrole nitrogens is 1. The molecule has 0 amide bonds. The highest BCUT2D eigenvalue weighted by atomic mass is 35.5. The van der Waals surface area contributed by atoms with Crippen molar-refractivity contribution in [2.75, 3.05) is 51.2 Å². The van der Waals surface area contributed by atoms with Crippen molar-refractivity contribution in [2.45, 2.75) is 73.3 Å². The van der Waals surface area contributed by atoms with Crippen LogP contribution < -0.4 is 4.90 Å². The molecule has 2 aromatic rings. The van der Waals surface area contributed by atoms with E-state index in [1.807, 2.05) is 46.2 Å². The molecule has 1 fully saturated rings. The summed E-state index contributed by atoms with van der Waals surface area (Å²) in [5.41, 5.74) is 3.76. The molecule has 2 aliphatic rings. The minimum absolute atomic E-state index is 0.625. The van der Waals surface area contributed by atoms with E-state index < -0.39 is 0 Å². The number of allylic oxidation sites excluding steroid dienone is 4. The van der Waals surface area contributed by atoms with E-state index in [0.29, 0.717) is 11.1 Å². The maximum Gasteiger partial charge on any atom is 0.147 e. The quantitative estimate of drug-likeness (QED) is 0.309. The fraction of sp³-hybridized carbons (Fsp3) is 0.545. The average Bonchev–Trinajstić information content (AvgIpc) is 3.49. The molecule has 2 aromatic heterocycles. The molecule has 4 rings (SSSR count). The number of nitriles is 1. The smallest absolute Gasteiger partial charge is 0.147 e. The van der Waals surface area contributed by atoms with E-state index in [0.717, 1.165) is 69.3 Å². The number of hydrogen-bond acceptors (Lipinski definition) is 6. The summed E-state index contributed by atoms with van der Waals surface area (Å²) in [6.07, 6.45) is 19.1. The molecule has 0 saturated carbocycles. The predicted molar refractivity (Wildman–Crippen MR) is 176 cm³/mol. The first-order chi connectivity index (χ1) is 20.0. The number of imidazole rings is 1. The predicted octanol–water partition coefficient (Wildman–Crippen LogP) is 7.76. The van der Waals surface area contributed by atoms with Crippen LogP contribution in [0.5, 0.6) is 0 Å². The summed E-state index contributed by atoms with van der Waals surface area (Å²) >= 11 is 6.68. The van der Waals surface area contributed by atoms with Gasteiger partial charge in [0, 0.05) is 62.9 Å². The summed E-state index contributed by atoms with van der Waals surface area (Å²) in [6.45, 7) is 22.1. The standard InChI is InChI=1S/C28H39ClN6.2C2H6.CHN/c1-4-14-35(28-26(29)19-24(20-32-28)27-30-12-13-31-27)18-17-33(3)25-10-15-34(16-11-25)21-23-7-5-6-22(2)8-9-23;3*1-2/h5,7-9,12-13,19-20,25H,4,6,10-11,14-18,21H2,1-3H3,(H,30,31);2*1-2H3;1H. The van der Waals surface area contributed by atoms with Crippen LogP contribution in [0.15, 0.2) is 60.1 Å². The van der Waals surface area contributed by atoms with Gasteiger partial charge in [0.15, 0.2) is 0 Å². The second-order valence-corrected chi connectivity index (χ2v) is 10.2. The van der Waals surface area contributed by atoms with Crippen LogP contribution in [0.2, 0.25) is 5.02 Å². The molecule has 0 spiro atoms. The summed E-state index contributed by atoms with van der Waals surface area (Å²) in [5.74, 6) is 1.65. The molecule has 0 atom stereocenters. The molecule has 0 aromatic carbocycles. The topological polar surface area (TPSA) is 75.1 Å². The van der Waals surface area contributed by atoms with Crippen LogP contribution >= 0.6 is 11.6 Å². The van der Waals surface area contributed by atoms with Gasteiger partial charge in [0.25, 0.3) is 0 Å². The summed E-state index contributed by atoms with van der Waals surface area (Å²) in [6, 6.07) is 2.58. The Morgan fingerprint density at radius 1 is 1.07 bits per heavy atom. The van der Waals surface area contributed by atoms with Gasteiger partial charge in [0.2, 0.25) is 0 Å². The second kappa shape index (κ2) is 20.9. The molecule has 226 valence electrons. The van der Waals surface area contributed by atoms with Crippen molar-refractivity contribution in [3.05, 3.63) is 65.1 Å². The van der Waals surface area contributed by atoms with Crippen LogP contribution in [0.25, 0.3) is 11.4 Å². The Morgan fingerprint density at radius 2 is 1.78 bits per heavy atom. The maximum absolute atomic E-state index is 6.68. The van der Waals surface area contributed by atoms with Gasteiger partial charge in [-0.05, 0) is 64.4 Å². The van der Waals surface area contributed by atoms with Crippen LogP contribution in [0.1, 0.15) is 67.2 Å². The Hall–Kier alpha value is -2.92. The fourth-order valence-electron chi connectivity index (χ4n) is 4.92. The molecular weight excluding hydrogens is 530 g/mol. The third-order valence-electron chi connectivity index (χ3n) is 7.05. The number of likely N-dealkylation sites (tertiary alicyclic amines) is 1. The largest absolute Gasteiger partial charge is 0.354 e. The lowest BCUT2D eigenvalue weighted by atomic mass is 10.0. The highest BCUT2D eigenvalue weighted by Gasteiger charge is 2.23. The van der Waals surface area contributed by atoms with Crippen molar-refractivity contribution < 1.29 is 0 Å². The molecule has 0 bridgehead atoms. The van der Waals surface area contributed by atoms with Crippen molar-refractivity contribution in [3.8, 4) is 18.0 Å². The number of nitrogens with zero attached hydrogens (tertiary/aromatic N) is 6. The Balaban J connectivity index is 0.00000131. The first-order valence-corrected chi connectivity index (χ1v) is 15.5. The highest BCUT2D eigenvalue weighted by Crippen LogP contribution is 2.28. The normalized spacial score (nSPS) is 15.2. The van der Waals surface area contributed by atoms with Crippen molar-refractivity contribution >= 4 is 17.4 Å². The molecule has 3 heterocycles. The van der Waals surface area contributed by atoms with Crippen LogP contribution in [0.4, 0.5) is 5.82 Å². The number of nitrogens with one attached hydrogen (secondary N) is 1. The molecule has 0 unspecified atom stereocenters. The van der Waals surface area contributed by atoms with Crippen LogP contribution in [-0.4, -0.2) is 77.1 Å². The summed E-state index contributed by atoms with van der Waals surface area (Å²) in [5, 5.41) is 7.18. The summed E-state index contributed by atoms with van der Waals surface area (Å²) in [4.78, 5) is 19.6. The van der Waals surface area contributed by atoms with Gasteiger partial charge < -0.3 is 14.8 Å². The van der Waals surface area contributed by atoms with Gasteiger partial charge in [-0.1, -0.05) is 76.1 Å².